The van der Waals surface area contributed by atoms with Gasteiger partial charge in [0.05, 0.1) is 0 Å². The highest BCUT2D eigenvalue weighted by Gasteiger charge is 2.08. The van der Waals surface area contributed by atoms with Crippen molar-refractivity contribution in [3.63, 3.8) is 0 Å². The molecule has 0 aliphatic rings. The first kappa shape index (κ1) is 13.0. The molecule has 0 aliphatic heterocycles. The van der Waals surface area contributed by atoms with Crippen molar-refractivity contribution in [2.24, 2.45) is 0 Å². The molecule has 0 fully saturated rings. The second-order valence-electron chi connectivity index (χ2n) is 2.79. The van der Waals surface area contributed by atoms with E-state index in [1.165, 1.54) is 12.1 Å². The van der Waals surface area contributed by atoms with Gasteiger partial charge in [-0.3, -0.25) is 0 Å². The summed E-state index contributed by atoms with van der Waals surface area (Å²) in [7, 11) is 3.18. The van der Waals surface area contributed by atoms with Crippen LogP contribution in [0.25, 0.3) is 0 Å². The monoisotopic (exact) mass is 294 g/mol. The van der Waals surface area contributed by atoms with Gasteiger partial charge in [0.25, 0.3) is 0 Å². The number of rotatable bonds is 5. The Balaban J connectivity index is 2.57. The van der Waals surface area contributed by atoms with Crippen LogP contribution in [0.2, 0.25) is 0 Å². The quantitative estimate of drug-likeness (QED) is 0.613. The van der Waals surface area contributed by atoms with Gasteiger partial charge in [-0.1, -0.05) is 0 Å². The van der Waals surface area contributed by atoms with E-state index >= 15 is 0 Å². The van der Waals surface area contributed by atoms with Crippen LogP contribution in [0, 0.1) is 5.82 Å². The van der Waals surface area contributed by atoms with Gasteiger partial charge >= 0.3 is 0 Å². The lowest BCUT2D eigenvalue weighted by molar-refractivity contribution is -0.0842. The lowest BCUT2D eigenvalue weighted by Gasteiger charge is -2.13. The van der Waals surface area contributed by atoms with Crippen LogP contribution in [0.5, 0.6) is 0 Å². The Morgan fingerprint density at radius 2 is 2.07 bits per heavy atom. The zero-order chi connectivity index (χ0) is 11.3. The molecule has 0 bridgehead atoms. The van der Waals surface area contributed by atoms with E-state index in [4.69, 9.17) is 9.47 Å². The molecule has 0 saturated heterocycles. The topological polar surface area (TPSA) is 18.5 Å². The molecule has 0 unspecified atom stereocenters. The Bertz CT molecular complexity index is 318. The predicted molar refractivity (Wildman–Crippen MR) is 62.6 cm³/mol. The molecule has 0 saturated carbocycles. The Hall–Kier alpha value is -0.100. The highest BCUT2D eigenvalue weighted by Crippen LogP contribution is 2.28. The van der Waals surface area contributed by atoms with Gasteiger partial charge in [0.2, 0.25) is 0 Å². The standard InChI is InChI=1S/C10H12BrFO2S/c1-13-10(14-2)6-15-9-4-3-7(12)5-8(9)11/h3-5,10H,6H2,1-2H3. The predicted octanol–water partition coefficient (Wildman–Crippen LogP) is 3.30. The van der Waals surface area contributed by atoms with E-state index in [0.717, 1.165) is 9.37 Å². The van der Waals surface area contributed by atoms with Gasteiger partial charge in [0.1, 0.15) is 5.82 Å². The summed E-state index contributed by atoms with van der Waals surface area (Å²) >= 11 is 4.85. The summed E-state index contributed by atoms with van der Waals surface area (Å²) in [6.07, 6.45) is -0.244. The van der Waals surface area contributed by atoms with E-state index in [9.17, 15) is 4.39 Å². The maximum absolute atomic E-state index is 12.8. The Labute approximate surface area is 101 Å². The minimum atomic E-state index is -0.249. The molecule has 0 atom stereocenters. The lowest BCUT2D eigenvalue weighted by atomic mass is 10.3. The molecule has 84 valence electrons. The van der Waals surface area contributed by atoms with Gasteiger partial charge < -0.3 is 9.47 Å². The number of thioether (sulfide) groups is 1. The van der Waals surface area contributed by atoms with E-state index < -0.39 is 0 Å². The average molecular weight is 295 g/mol. The van der Waals surface area contributed by atoms with Crippen LogP contribution >= 0.6 is 27.7 Å². The van der Waals surface area contributed by atoms with E-state index in [1.54, 1.807) is 32.0 Å². The minimum Gasteiger partial charge on any atom is -0.355 e. The van der Waals surface area contributed by atoms with Gasteiger partial charge in [-0.15, -0.1) is 11.8 Å². The van der Waals surface area contributed by atoms with Crippen molar-refractivity contribution in [2.75, 3.05) is 20.0 Å². The fourth-order valence-electron chi connectivity index (χ4n) is 0.982. The van der Waals surface area contributed by atoms with Crippen molar-refractivity contribution >= 4 is 27.7 Å². The molecule has 5 heteroatoms. The third-order valence-electron chi connectivity index (χ3n) is 1.79. The summed E-state index contributed by atoms with van der Waals surface area (Å²) in [6.45, 7) is 0. The fraction of sp³-hybridized carbons (Fsp3) is 0.400. The van der Waals surface area contributed by atoms with Crippen LogP contribution in [0.1, 0.15) is 0 Å². The van der Waals surface area contributed by atoms with Crippen molar-refractivity contribution < 1.29 is 13.9 Å². The zero-order valence-corrected chi connectivity index (χ0v) is 10.9. The smallest absolute Gasteiger partial charge is 0.166 e. The van der Waals surface area contributed by atoms with Gasteiger partial charge in [-0.2, -0.15) is 0 Å². The molecule has 15 heavy (non-hydrogen) atoms. The molecule has 0 spiro atoms. The van der Waals surface area contributed by atoms with Crippen LogP contribution in [0.3, 0.4) is 0 Å². The number of hydrogen-bond donors (Lipinski definition) is 0. The fourth-order valence-corrected chi connectivity index (χ4v) is 2.63. The molecular weight excluding hydrogens is 283 g/mol. The SMILES string of the molecule is COC(CSc1ccc(F)cc1Br)OC. The summed E-state index contributed by atoms with van der Waals surface area (Å²) in [4.78, 5) is 0.968. The molecule has 1 aromatic carbocycles. The van der Waals surface area contributed by atoms with Crippen molar-refractivity contribution in [2.45, 2.75) is 11.2 Å². The maximum atomic E-state index is 12.8. The molecule has 0 aromatic heterocycles. The summed E-state index contributed by atoms with van der Waals surface area (Å²) in [5, 5.41) is 0. The zero-order valence-electron chi connectivity index (χ0n) is 8.50. The van der Waals surface area contributed by atoms with Gasteiger partial charge in [0, 0.05) is 29.3 Å². The van der Waals surface area contributed by atoms with Crippen molar-refractivity contribution in [1.82, 2.24) is 0 Å². The van der Waals surface area contributed by atoms with Crippen LogP contribution in [0.15, 0.2) is 27.6 Å². The molecule has 1 rings (SSSR count). The second kappa shape index (κ2) is 6.48. The van der Waals surface area contributed by atoms with E-state index in [1.807, 2.05) is 0 Å². The van der Waals surface area contributed by atoms with Crippen molar-refractivity contribution in [1.29, 1.82) is 0 Å². The Kier molecular flexibility index (Phi) is 5.60. The summed E-state index contributed by atoms with van der Waals surface area (Å²) in [5.41, 5.74) is 0. The Morgan fingerprint density at radius 1 is 1.40 bits per heavy atom. The molecule has 0 aliphatic carbocycles. The summed E-state index contributed by atoms with van der Waals surface area (Å²) in [6, 6.07) is 4.60. The first-order valence-corrected chi connectivity index (χ1v) is 6.08. The molecule has 0 heterocycles. The first-order valence-electron chi connectivity index (χ1n) is 4.30. The number of benzene rings is 1. The molecule has 0 N–H and O–H groups in total. The molecule has 0 radical (unpaired) electrons. The van der Waals surface area contributed by atoms with E-state index in [-0.39, 0.29) is 12.1 Å². The van der Waals surface area contributed by atoms with Crippen LogP contribution in [0.4, 0.5) is 4.39 Å². The Morgan fingerprint density at radius 3 is 2.60 bits per heavy atom. The number of ether oxygens (including phenoxy) is 2. The van der Waals surface area contributed by atoms with Crippen molar-refractivity contribution in [3.05, 3.63) is 28.5 Å². The lowest BCUT2D eigenvalue weighted by Crippen LogP contribution is -2.15. The number of halogens is 2. The molecular formula is C10H12BrFO2S. The minimum absolute atomic E-state index is 0.244. The van der Waals surface area contributed by atoms with E-state index in [0.29, 0.717) is 5.75 Å². The second-order valence-corrected chi connectivity index (χ2v) is 4.70. The summed E-state index contributed by atoms with van der Waals surface area (Å²) in [5.74, 6) is 0.415. The highest BCUT2D eigenvalue weighted by molar-refractivity contribution is 9.10. The van der Waals surface area contributed by atoms with Gasteiger partial charge in [-0.25, -0.2) is 4.39 Å². The van der Waals surface area contributed by atoms with Gasteiger partial charge in [-0.05, 0) is 34.1 Å². The average Bonchev–Trinajstić information content (AvgIpc) is 2.22. The third-order valence-corrected chi connectivity index (χ3v) is 3.82. The first-order chi connectivity index (χ1) is 7.17. The largest absolute Gasteiger partial charge is 0.355 e. The van der Waals surface area contributed by atoms with Crippen LogP contribution in [-0.2, 0) is 9.47 Å². The summed E-state index contributed by atoms with van der Waals surface area (Å²) < 4.78 is 23.6. The maximum Gasteiger partial charge on any atom is 0.166 e. The molecule has 2 nitrogen and oxygen atoms in total. The molecule has 1 aromatic rings. The van der Waals surface area contributed by atoms with E-state index in [2.05, 4.69) is 15.9 Å². The van der Waals surface area contributed by atoms with Crippen LogP contribution < -0.4 is 0 Å². The van der Waals surface area contributed by atoms with Gasteiger partial charge in [0.15, 0.2) is 6.29 Å². The highest BCUT2D eigenvalue weighted by atomic mass is 79.9. The number of methoxy groups -OCH3 is 2. The van der Waals surface area contributed by atoms with Crippen LogP contribution in [-0.4, -0.2) is 26.3 Å². The molecule has 0 amide bonds. The normalized spacial score (nSPS) is 11.0. The third kappa shape index (κ3) is 4.10. The number of hydrogen-bond acceptors (Lipinski definition) is 3. The van der Waals surface area contributed by atoms with Crippen molar-refractivity contribution in [3.8, 4) is 0 Å².